The van der Waals surface area contributed by atoms with Crippen molar-refractivity contribution in [2.45, 2.75) is 84.0 Å². The minimum absolute atomic E-state index is 0.0233. The number of carboxylic acids is 1. The van der Waals surface area contributed by atoms with Gasteiger partial charge in [-0.05, 0) is 71.4 Å². The maximum atomic E-state index is 11.2. The van der Waals surface area contributed by atoms with E-state index in [4.69, 9.17) is 13.9 Å². The van der Waals surface area contributed by atoms with Crippen LogP contribution in [0.2, 0.25) is 18.1 Å². The summed E-state index contributed by atoms with van der Waals surface area (Å²) in [6.07, 6.45) is 0.558. The molecule has 2 N–H and O–H groups in total. The number of hydrogen-bond donors (Lipinski definition) is 2. The van der Waals surface area contributed by atoms with Gasteiger partial charge in [-0.3, -0.25) is 4.79 Å². The van der Waals surface area contributed by atoms with E-state index in [1.807, 2.05) is 60.7 Å². The Bertz CT molecular complexity index is 1470. The Labute approximate surface area is 275 Å². The molecule has 0 fully saturated rings. The van der Waals surface area contributed by atoms with Crippen LogP contribution in [-0.2, 0) is 35.3 Å². The van der Waals surface area contributed by atoms with Crippen molar-refractivity contribution in [2.75, 3.05) is 6.54 Å². The first kappa shape index (κ1) is 35.0. The summed E-state index contributed by atoms with van der Waals surface area (Å²) in [5.74, 6) is 0.643. The zero-order valence-electron chi connectivity index (χ0n) is 28.1. The van der Waals surface area contributed by atoms with Crippen LogP contribution in [0.4, 0.5) is 0 Å². The normalized spacial score (nSPS) is 13.2. The third kappa shape index (κ3) is 10.9. The molecule has 0 aliphatic carbocycles. The van der Waals surface area contributed by atoms with E-state index in [0.717, 1.165) is 45.7 Å². The van der Waals surface area contributed by atoms with E-state index < -0.39 is 14.3 Å². The van der Waals surface area contributed by atoms with Gasteiger partial charge in [0.05, 0.1) is 12.5 Å². The fourth-order valence-electron chi connectivity index (χ4n) is 4.96. The molecule has 0 radical (unpaired) electrons. The number of carboxylic acid groups (broad SMARTS) is 1. The van der Waals surface area contributed by atoms with Gasteiger partial charge >= 0.3 is 5.97 Å². The Balaban J connectivity index is 1.59. The number of ether oxygens (including phenoxy) is 2. The van der Waals surface area contributed by atoms with Crippen LogP contribution in [-0.4, -0.2) is 32.0 Å². The number of rotatable bonds is 16. The van der Waals surface area contributed by atoms with Gasteiger partial charge in [-0.2, -0.15) is 0 Å². The lowest BCUT2D eigenvalue weighted by atomic mass is 10.0. The highest BCUT2D eigenvalue weighted by atomic mass is 28.4. The van der Waals surface area contributed by atoms with Crippen molar-refractivity contribution in [1.29, 1.82) is 0 Å². The van der Waals surface area contributed by atoms with Crippen molar-refractivity contribution >= 4 is 14.3 Å². The Kier molecular flexibility index (Phi) is 12.2. The molecule has 0 aromatic heterocycles. The summed E-state index contributed by atoms with van der Waals surface area (Å²) >= 11 is 0. The summed E-state index contributed by atoms with van der Waals surface area (Å²) in [6, 6.07) is 34.4. The van der Waals surface area contributed by atoms with Crippen LogP contribution in [0.5, 0.6) is 11.5 Å². The summed E-state index contributed by atoms with van der Waals surface area (Å²) in [4.78, 5) is 11.2. The molecule has 0 amide bonds. The number of benzene rings is 4. The summed E-state index contributed by atoms with van der Waals surface area (Å²) < 4.78 is 19.7. The highest BCUT2D eigenvalue weighted by Crippen LogP contribution is 2.40. The Morgan fingerprint density at radius 1 is 0.761 bits per heavy atom. The molecule has 0 saturated heterocycles. The van der Waals surface area contributed by atoms with Gasteiger partial charge in [0.1, 0.15) is 24.7 Å². The molecule has 244 valence electrons. The number of carbonyl (C=O) groups is 1. The zero-order chi connectivity index (χ0) is 33.2. The molecular weight excluding hydrogens is 591 g/mol. The topological polar surface area (TPSA) is 77.0 Å². The highest BCUT2D eigenvalue weighted by molar-refractivity contribution is 6.74. The van der Waals surface area contributed by atoms with Crippen molar-refractivity contribution in [3.8, 4) is 11.5 Å². The Morgan fingerprint density at radius 2 is 1.28 bits per heavy atom. The van der Waals surface area contributed by atoms with Gasteiger partial charge in [0, 0.05) is 18.7 Å². The molecule has 0 aliphatic heterocycles. The SMILES string of the molecule is C[C@H](Cc1cccc(CC(=O)O)c1)NC[C@H](O[Si](C)(C)C(C)(C)C)c1cc(OCc2ccccc2)cc(OCc2ccccc2)c1. The van der Waals surface area contributed by atoms with Crippen molar-refractivity contribution in [3.05, 3.63) is 131 Å². The van der Waals surface area contributed by atoms with E-state index in [1.165, 1.54) is 0 Å². The van der Waals surface area contributed by atoms with Gasteiger partial charge in [0.2, 0.25) is 0 Å². The standard InChI is InChI=1S/C39H49NO5Si/c1-29(20-32-18-13-19-33(21-32)22-38(41)42)40-26-37(45-46(5,6)39(2,3)4)34-23-35(43-27-30-14-9-7-10-15-30)25-36(24-34)44-28-31-16-11-8-12-17-31/h7-19,21,23-25,29,37,40H,20,22,26-28H2,1-6H3,(H,41,42)/t29-,37+/m1/s1. The van der Waals surface area contributed by atoms with Gasteiger partial charge in [-0.25, -0.2) is 0 Å². The summed E-state index contributed by atoms with van der Waals surface area (Å²) in [6.45, 7) is 15.0. The van der Waals surface area contributed by atoms with E-state index in [-0.39, 0.29) is 23.6 Å². The molecule has 4 aromatic carbocycles. The van der Waals surface area contributed by atoms with Crippen LogP contribution in [0.1, 0.15) is 61.6 Å². The van der Waals surface area contributed by atoms with E-state index >= 15 is 0 Å². The molecule has 0 unspecified atom stereocenters. The van der Waals surface area contributed by atoms with Crippen LogP contribution >= 0.6 is 0 Å². The lowest BCUT2D eigenvalue weighted by molar-refractivity contribution is -0.136. The highest BCUT2D eigenvalue weighted by Gasteiger charge is 2.39. The van der Waals surface area contributed by atoms with Crippen molar-refractivity contribution < 1.29 is 23.8 Å². The quantitative estimate of drug-likeness (QED) is 0.119. The smallest absolute Gasteiger partial charge is 0.307 e. The first-order valence-electron chi connectivity index (χ1n) is 16.1. The van der Waals surface area contributed by atoms with Crippen LogP contribution in [0.15, 0.2) is 103 Å². The lowest BCUT2D eigenvalue weighted by Crippen LogP contribution is -2.44. The third-order valence-corrected chi connectivity index (χ3v) is 13.0. The average molecular weight is 640 g/mol. The number of hydrogen-bond acceptors (Lipinski definition) is 5. The predicted molar refractivity (Wildman–Crippen MR) is 188 cm³/mol. The van der Waals surface area contributed by atoms with E-state index in [1.54, 1.807) is 0 Å². The van der Waals surface area contributed by atoms with Crippen LogP contribution in [0, 0.1) is 0 Å². The van der Waals surface area contributed by atoms with Crippen LogP contribution < -0.4 is 14.8 Å². The summed E-state index contributed by atoms with van der Waals surface area (Å²) in [5.41, 5.74) is 5.11. The maximum absolute atomic E-state index is 11.2. The van der Waals surface area contributed by atoms with E-state index in [0.29, 0.717) is 19.8 Å². The fourth-order valence-corrected chi connectivity index (χ4v) is 6.25. The molecule has 0 heterocycles. The molecule has 0 spiro atoms. The van der Waals surface area contributed by atoms with Gasteiger partial charge in [-0.15, -0.1) is 0 Å². The lowest BCUT2D eigenvalue weighted by Gasteiger charge is -2.40. The molecule has 0 saturated carbocycles. The number of aliphatic carboxylic acids is 1. The zero-order valence-corrected chi connectivity index (χ0v) is 29.1. The second-order valence-electron chi connectivity index (χ2n) is 13.6. The van der Waals surface area contributed by atoms with Gasteiger partial charge in [0.25, 0.3) is 0 Å². The monoisotopic (exact) mass is 639 g/mol. The molecule has 4 aromatic rings. The summed E-state index contributed by atoms with van der Waals surface area (Å²) in [5, 5.41) is 13.0. The Hall–Kier alpha value is -3.91. The molecular formula is C39H49NO5Si. The molecule has 4 rings (SSSR count). The van der Waals surface area contributed by atoms with Gasteiger partial charge in [-0.1, -0.05) is 106 Å². The predicted octanol–water partition coefficient (Wildman–Crippen LogP) is 8.76. The van der Waals surface area contributed by atoms with Crippen LogP contribution in [0.3, 0.4) is 0 Å². The molecule has 0 bridgehead atoms. The first-order valence-corrected chi connectivity index (χ1v) is 19.0. The van der Waals surface area contributed by atoms with Crippen molar-refractivity contribution in [1.82, 2.24) is 5.32 Å². The average Bonchev–Trinajstić information content (AvgIpc) is 3.01. The second-order valence-corrected chi connectivity index (χ2v) is 18.3. The third-order valence-electron chi connectivity index (χ3n) is 8.55. The fraction of sp³-hybridized carbons (Fsp3) is 0.359. The minimum atomic E-state index is -2.17. The van der Waals surface area contributed by atoms with Gasteiger partial charge in [0.15, 0.2) is 8.32 Å². The molecule has 7 heteroatoms. The van der Waals surface area contributed by atoms with Crippen molar-refractivity contribution in [2.24, 2.45) is 0 Å². The molecule has 2 atom stereocenters. The van der Waals surface area contributed by atoms with Crippen LogP contribution in [0.25, 0.3) is 0 Å². The Morgan fingerprint density at radius 3 is 1.80 bits per heavy atom. The molecule has 0 aliphatic rings. The van der Waals surface area contributed by atoms with E-state index in [9.17, 15) is 9.90 Å². The second kappa shape index (κ2) is 16.1. The summed E-state index contributed by atoms with van der Waals surface area (Å²) in [7, 11) is -2.17. The minimum Gasteiger partial charge on any atom is -0.489 e. The largest absolute Gasteiger partial charge is 0.489 e. The van der Waals surface area contributed by atoms with E-state index in [2.05, 4.69) is 88.6 Å². The maximum Gasteiger partial charge on any atom is 0.307 e. The van der Waals surface area contributed by atoms with Gasteiger partial charge < -0.3 is 24.3 Å². The first-order chi connectivity index (χ1) is 21.9. The molecule has 6 nitrogen and oxygen atoms in total. The molecule has 46 heavy (non-hydrogen) atoms. The number of nitrogens with one attached hydrogen (secondary N) is 1. The van der Waals surface area contributed by atoms with Crippen molar-refractivity contribution in [3.63, 3.8) is 0 Å².